The number of allylic oxidation sites excluding steroid dienone is 1. The van der Waals surface area contributed by atoms with Crippen LogP contribution in [-0.2, 0) is 0 Å². The number of carbonyl (C=O) groups is 1. The number of hydrogen-bond donors (Lipinski definition) is 0. The summed E-state index contributed by atoms with van der Waals surface area (Å²) in [4.78, 5) is 11.4. The van der Waals surface area contributed by atoms with Gasteiger partial charge in [-0.25, -0.2) is 4.39 Å². The number of aromatic nitrogens is 1. The SMILES string of the molecule is N#CC(=Cc1ccc(-n2cc(C=O)c3ccccc32)cc1)c1ccccc1F. The number of nitriles is 1. The maximum absolute atomic E-state index is 14.0. The van der Waals surface area contributed by atoms with E-state index in [4.69, 9.17) is 0 Å². The highest BCUT2D eigenvalue weighted by Gasteiger charge is 2.09. The van der Waals surface area contributed by atoms with Crippen LogP contribution in [0.2, 0.25) is 0 Å². The smallest absolute Gasteiger partial charge is 0.152 e. The Labute approximate surface area is 161 Å². The summed E-state index contributed by atoms with van der Waals surface area (Å²) in [6, 6.07) is 23.5. The van der Waals surface area contributed by atoms with Gasteiger partial charge in [0.2, 0.25) is 0 Å². The van der Waals surface area contributed by atoms with Gasteiger partial charge in [-0.3, -0.25) is 4.79 Å². The van der Waals surface area contributed by atoms with Crippen LogP contribution in [0.15, 0.2) is 79.0 Å². The summed E-state index contributed by atoms with van der Waals surface area (Å²) in [7, 11) is 0. The lowest BCUT2D eigenvalue weighted by Crippen LogP contribution is -1.92. The number of para-hydroxylation sites is 1. The molecule has 1 heterocycles. The summed E-state index contributed by atoms with van der Waals surface area (Å²) in [6.45, 7) is 0. The zero-order valence-electron chi connectivity index (χ0n) is 14.8. The Morgan fingerprint density at radius 2 is 1.68 bits per heavy atom. The second-order valence-electron chi connectivity index (χ2n) is 6.33. The van der Waals surface area contributed by atoms with E-state index in [0.29, 0.717) is 5.56 Å². The van der Waals surface area contributed by atoms with Crippen molar-refractivity contribution in [2.45, 2.75) is 0 Å². The first-order valence-corrected chi connectivity index (χ1v) is 8.73. The van der Waals surface area contributed by atoms with E-state index in [1.807, 2.05) is 59.3 Å². The number of fused-ring (bicyclic) bond motifs is 1. The monoisotopic (exact) mass is 366 g/mol. The summed E-state index contributed by atoms with van der Waals surface area (Å²) in [6.07, 6.45) is 4.32. The molecular formula is C24H15FN2O. The normalized spacial score (nSPS) is 11.4. The van der Waals surface area contributed by atoms with E-state index in [1.54, 1.807) is 24.3 Å². The van der Waals surface area contributed by atoms with Crippen molar-refractivity contribution in [1.82, 2.24) is 4.57 Å². The lowest BCUT2D eigenvalue weighted by Gasteiger charge is -2.06. The molecule has 3 nitrogen and oxygen atoms in total. The zero-order valence-corrected chi connectivity index (χ0v) is 14.8. The minimum Gasteiger partial charge on any atom is -0.316 e. The molecule has 134 valence electrons. The summed E-state index contributed by atoms with van der Waals surface area (Å²) in [5, 5.41) is 10.3. The van der Waals surface area contributed by atoms with Gasteiger partial charge in [0.1, 0.15) is 5.82 Å². The zero-order chi connectivity index (χ0) is 19.5. The van der Waals surface area contributed by atoms with Gasteiger partial charge < -0.3 is 4.57 Å². The highest BCUT2D eigenvalue weighted by Crippen LogP contribution is 2.25. The van der Waals surface area contributed by atoms with Crippen LogP contribution < -0.4 is 0 Å². The number of nitrogens with zero attached hydrogens (tertiary/aromatic N) is 2. The fourth-order valence-electron chi connectivity index (χ4n) is 3.26. The number of rotatable bonds is 4. The standard InChI is InChI=1S/C24H15FN2O/c25-23-7-3-1-5-21(23)18(14-26)13-17-9-11-20(12-10-17)27-15-19(16-28)22-6-2-4-8-24(22)27/h1-13,15-16H. The molecule has 0 aliphatic rings. The van der Waals surface area contributed by atoms with Crippen LogP contribution in [0.25, 0.3) is 28.2 Å². The van der Waals surface area contributed by atoms with Gasteiger partial charge >= 0.3 is 0 Å². The Kier molecular flexibility index (Phi) is 4.57. The second kappa shape index (κ2) is 7.34. The molecule has 4 heteroatoms. The molecule has 0 radical (unpaired) electrons. The van der Waals surface area contributed by atoms with Crippen molar-refractivity contribution in [1.29, 1.82) is 5.26 Å². The maximum atomic E-state index is 14.0. The molecule has 0 spiro atoms. The molecule has 4 rings (SSSR count). The van der Waals surface area contributed by atoms with Crippen molar-refractivity contribution in [2.24, 2.45) is 0 Å². The third-order valence-electron chi connectivity index (χ3n) is 4.64. The van der Waals surface area contributed by atoms with Crippen LogP contribution in [0.3, 0.4) is 0 Å². The molecule has 0 saturated heterocycles. The van der Waals surface area contributed by atoms with E-state index in [0.717, 1.165) is 28.4 Å². The Balaban J connectivity index is 1.73. The first-order chi connectivity index (χ1) is 13.7. The molecule has 0 unspecified atom stereocenters. The molecule has 0 saturated carbocycles. The molecule has 0 N–H and O–H groups in total. The molecule has 0 aliphatic heterocycles. The fourth-order valence-corrected chi connectivity index (χ4v) is 3.26. The summed E-state index contributed by atoms with van der Waals surface area (Å²) >= 11 is 0. The Morgan fingerprint density at radius 3 is 2.39 bits per heavy atom. The number of benzene rings is 3. The summed E-state index contributed by atoms with van der Waals surface area (Å²) in [5.74, 6) is -0.424. The van der Waals surface area contributed by atoms with E-state index < -0.39 is 5.82 Å². The van der Waals surface area contributed by atoms with Gasteiger partial charge in [-0.05, 0) is 35.9 Å². The van der Waals surface area contributed by atoms with E-state index in [9.17, 15) is 14.4 Å². The molecule has 0 aliphatic carbocycles. The van der Waals surface area contributed by atoms with Gasteiger partial charge in [0.15, 0.2) is 6.29 Å². The van der Waals surface area contributed by atoms with Crippen LogP contribution >= 0.6 is 0 Å². The fraction of sp³-hybridized carbons (Fsp3) is 0. The average molecular weight is 366 g/mol. The van der Waals surface area contributed by atoms with Crippen molar-refractivity contribution in [3.05, 3.63) is 102 Å². The minimum atomic E-state index is -0.424. The van der Waals surface area contributed by atoms with Crippen molar-refractivity contribution >= 4 is 28.8 Å². The van der Waals surface area contributed by atoms with Crippen molar-refractivity contribution < 1.29 is 9.18 Å². The summed E-state index contributed by atoms with van der Waals surface area (Å²) < 4.78 is 15.9. The van der Waals surface area contributed by atoms with Gasteiger partial charge in [0, 0.05) is 28.4 Å². The topological polar surface area (TPSA) is 45.8 Å². The highest BCUT2D eigenvalue weighted by molar-refractivity contribution is 5.98. The van der Waals surface area contributed by atoms with Gasteiger partial charge in [0.25, 0.3) is 0 Å². The van der Waals surface area contributed by atoms with Gasteiger partial charge in [-0.2, -0.15) is 5.26 Å². The maximum Gasteiger partial charge on any atom is 0.152 e. The van der Waals surface area contributed by atoms with Gasteiger partial charge in [0.05, 0.1) is 17.2 Å². The Bertz CT molecular complexity index is 1240. The predicted molar refractivity (Wildman–Crippen MR) is 109 cm³/mol. The number of halogens is 1. The lowest BCUT2D eigenvalue weighted by molar-refractivity contribution is 0.112. The second-order valence-corrected chi connectivity index (χ2v) is 6.33. The predicted octanol–water partition coefficient (Wildman–Crippen LogP) is 5.65. The van der Waals surface area contributed by atoms with Crippen molar-refractivity contribution in [2.75, 3.05) is 0 Å². The van der Waals surface area contributed by atoms with Crippen LogP contribution in [0.5, 0.6) is 0 Å². The average Bonchev–Trinajstić information content (AvgIpc) is 3.12. The van der Waals surface area contributed by atoms with Crippen molar-refractivity contribution in [3.8, 4) is 11.8 Å². The first-order valence-electron chi connectivity index (χ1n) is 8.73. The molecule has 0 atom stereocenters. The van der Waals surface area contributed by atoms with E-state index in [-0.39, 0.29) is 11.1 Å². The third kappa shape index (κ3) is 3.10. The molecule has 0 fully saturated rings. The molecule has 28 heavy (non-hydrogen) atoms. The van der Waals surface area contributed by atoms with Crippen LogP contribution in [0.1, 0.15) is 21.5 Å². The lowest BCUT2D eigenvalue weighted by atomic mass is 10.0. The number of aldehydes is 1. The molecule has 4 aromatic rings. The Morgan fingerprint density at radius 1 is 0.964 bits per heavy atom. The van der Waals surface area contributed by atoms with Crippen LogP contribution in [-0.4, -0.2) is 10.9 Å². The van der Waals surface area contributed by atoms with Gasteiger partial charge in [-0.1, -0.05) is 48.5 Å². The first kappa shape index (κ1) is 17.4. The minimum absolute atomic E-state index is 0.264. The van der Waals surface area contributed by atoms with E-state index in [2.05, 4.69) is 6.07 Å². The van der Waals surface area contributed by atoms with E-state index >= 15 is 0 Å². The molecule has 0 amide bonds. The highest BCUT2D eigenvalue weighted by atomic mass is 19.1. The largest absolute Gasteiger partial charge is 0.316 e. The Hall–Kier alpha value is -3.97. The molecule has 3 aromatic carbocycles. The molecule has 1 aromatic heterocycles. The molecule has 0 bridgehead atoms. The third-order valence-corrected chi connectivity index (χ3v) is 4.64. The van der Waals surface area contributed by atoms with Crippen molar-refractivity contribution in [3.63, 3.8) is 0 Å². The number of carbonyl (C=O) groups excluding carboxylic acids is 1. The summed E-state index contributed by atoms with van der Waals surface area (Å²) in [5.41, 5.74) is 3.80. The quantitative estimate of drug-likeness (QED) is 0.266. The van der Waals surface area contributed by atoms with Gasteiger partial charge in [-0.15, -0.1) is 0 Å². The van der Waals surface area contributed by atoms with Crippen LogP contribution in [0, 0.1) is 17.1 Å². The van der Waals surface area contributed by atoms with Crippen LogP contribution in [0.4, 0.5) is 4.39 Å². The van der Waals surface area contributed by atoms with E-state index in [1.165, 1.54) is 6.07 Å². The molecular weight excluding hydrogens is 351 g/mol. The number of hydrogen-bond acceptors (Lipinski definition) is 2.